The van der Waals surface area contributed by atoms with Crippen molar-refractivity contribution in [3.8, 4) is 5.75 Å². The van der Waals surface area contributed by atoms with Gasteiger partial charge in [0.25, 0.3) is 0 Å². The summed E-state index contributed by atoms with van der Waals surface area (Å²) in [6, 6.07) is 4.56. The van der Waals surface area contributed by atoms with E-state index in [0.717, 1.165) is 0 Å². The van der Waals surface area contributed by atoms with Gasteiger partial charge in [-0.15, -0.1) is 0 Å². The van der Waals surface area contributed by atoms with Crippen molar-refractivity contribution in [3.05, 3.63) is 30.1 Å². The Bertz CT molecular complexity index is 326. The first-order chi connectivity index (χ1) is 7.09. The van der Waals surface area contributed by atoms with Gasteiger partial charge >= 0.3 is 5.97 Å². The SMILES string of the molecule is NC(CCOc1ccc(F)cc1)C(=O)O. The minimum atomic E-state index is -1.06. The van der Waals surface area contributed by atoms with Crippen molar-refractivity contribution in [2.45, 2.75) is 12.5 Å². The van der Waals surface area contributed by atoms with Crippen LogP contribution in [0.5, 0.6) is 5.75 Å². The van der Waals surface area contributed by atoms with E-state index >= 15 is 0 Å². The number of ether oxygens (including phenoxy) is 1. The van der Waals surface area contributed by atoms with Gasteiger partial charge in [0.1, 0.15) is 17.6 Å². The molecule has 1 unspecified atom stereocenters. The molecule has 5 heteroatoms. The van der Waals surface area contributed by atoms with Crippen LogP contribution in [0.15, 0.2) is 24.3 Å². The van der Waals surface area contributed by atoms with Gasteiger partial charge in [0.2, 0.25) is 0 Å². The molecule has 0 fully saturated rings. The number of carbonyl (C=O) groups is 1. The van der Waals surface area contributed by atoms with Crippen LogP contribution in [0, 0.1) is 5.82 Å². The van der Waals surface area contributed by atoms with E-state index in [1.807, 2.05) is 0 Å². The highest BCUT2D eigenvalue weighted by Gasteiger charge is 2.10. The molecule has 0 saturated heterocycles. The molecule has 0 spiro atoms. The van der Waals surface area contributed by atoms with Crippen LogP contribution in [0.2, 0.25) is 0 Å². The summed E-state index contributed by atoms with van der Waals surface area (Å²) in [7, 11) is 0. The fourth-order valence-electron chi connectivity index (χ4n) is 0.958. The first kappa shape index (κ1) is 11.5. The van der Waals surface area contributed by atoms with Gasteiger partial charge in [-0.05, 0) is 24.3 Å². The number of hydrogen-bond acceptors (Lipinski definition) is 3. The van der Waals surface area contributed by atoms with E-state index in [2.05, 4.69) is 0 Å². The Morgan fingerprint density at radius 3 is 2.60 bits per heavy atom. The van der Waals surface area contributed by atoms with Crippen molar-refractivity contribution in [1.29, 1.82) is 0 Å². The summed E-state index contributed by atoms with van der Waals surface area (Å²) in [4.78, 5) is 10.4. The van der Waals surface area contributed by atoms with E-state index in [-0.39, 0.29) is 18.8 Å². The first-order valence-electron chi connectivity index (χ1n) is 4.46. The average Bonchev–Trinajstić information content (AvgIpc) is 2.20. The Morgan fingerprint density at radius 2 is 2.07 bits per heavy atom. The lowest BCUT2D eigenvalue weighted by Crippen LogP contribution is -2.31. The van der Waals surface area contributed by atoms with Crippen molar-refractivity contribution >= 4 is 5.97 Å². The Morgan fingerprint density at radius 1 is 1.47 bits per heavy atom. The maximum atomic E-state index is 12.5. The van der Waals surface area contributed by atoms with Crippen LogP contribution in [0.1, 0.15) is 6.42 Å². The number of halogens is 1. The summed E-state index contributed by atoms with van der Waals surface area (Å²) < 4.78 is 17.7. The van der Waals surface area contributed by atoms with Gasteiger partial charge in [-0.2, -0.15) is 0 Å². The van der Waals surface area contributed by atoms with E-state index in [9.17, 15) is 9.18 Å². The molecule has 4 nitrogen and oxygen atoms in total. The molecule has 1 aromatic rings. The zero-order chi connectivity index (χ0) is 11.3. The summed E-state index contributed by atoms with van der Waals surface area (Å²) in [5.74, 6) is -0.906. The molecule has 0 radical (unpaired) electrons. The zero-order valence-electron chi connectivity index (χ0n) is 8.02. The third kappa shape index (κ3) is 3.95. The summed E-state index contributed by atoms with van der Waals surface area (Å²) in [5.41, 5.74) is 5.27. The largest absolute Gasteiger partial charge is 0.494 e. The van der Waals surface area contributed by atoms with Gasteiger partial charge in [0.05, 0.1) is 6.61 Å². The van der Waals surface area contributed by atoms with Crippen LogP contribution in [0.4, 0.5) is 4.39 Å². The average molecular weight is 213 g/mol. The molecular formula is C10H12FNO3. The number of carboxylic acid groups (broad SMARTS) is 1. The molecule has 0 aliphatic heterocycles. The highest BCUT2D eigenvalue weighted by atomic mass is 19.1. The van der Waals surface area contributed by atoms with Gasteiger partial charge in [-0.1, -0.05) is 0 Å². The summed E-state index contributed by atoms with van der Waals surface area (Å²) >= 11 is 0. The molecule has 0 saturated carbocycles. The fourth-order valence-corrected chi connectivity index (χ4v) is 0.958. The van der Waals surface area contributed by atoms with E-state index in [4.69, 9.17) is 15.6 Å². The van der Waals surface area contributed by atoms with E-state index in [0.29, 0.717) is 5.75 Å². The minimum absolute atomic E-state index is 0.194. The molecule has 0 aromatic heterocycles. The Hall–Kier alpha value is -1.62. The molecule has 0 aliphatic carbocycles. The lowest BCUT2D eigenvalue weighted by atomic mass is 10.2. The minimum Gasteiger partial charge on any atom is -0.494 e. The lowest BCUT2D eigenvalue weighted by molar-refractivity contribution is -0.138. The third-order valence-corrected chi connectivity index (χ3v) is 1.83. The smallest absolute Gasteiger partial charge is 0.320 e. The standard InChI is InChI=1S/C10H12FNO3/c11-7-1-3-8(4-2-7)15-6-5-9(12)10(13)14/h1-4,9H,5-6,12H2,(H,13,14). The fraction of sp³-hybridized carbons (Fsp3) is 0.300. The van der Waals surface area contributed by atoms with Crippen molar-refractivity contribution in [2.24, 2.45) is 5.73 Å². The monoisotopic (exact) mass is 213 g/mol. The summed E-state index contributed by atoms with van der Waals surface area (Å²) in [6.45, 7) is 0.194. The number of benzene rings is 1. The molecule has 1 aromatic carbocycles. The van der Waals surface area contributed by atoms with Gasteiger partial charge in [0, 0.05) is 6.42 Å². The third-order valence-electron chi connectivity index (χ3n) is 1.83. The van der Waals surface area contributed by atoms with E-state index in [1.54, 1.807) is 0 Å². The summed E-state index contributed by atoms with van der Waals surface area (Å²) in [5, 5.41) is 8.49. The van der Waals surface area contributed by atoms with Gasteiger partial charge in [-0.25, -0.2) is 4.39 Å². The van der Waals surface area contributed by atoms with Crippen molar-refractivity contribution in [3.63, 3.8) is 0 Å². The molecular weight excluding hydrogens is 201 g/mol. The van der Waals surface area contributed by atoms with Crippen LogP contribution in [-0.2, 0) is 4.79 Å². The number of aliphatic carboxylic acids is 1. The molecule has 0 heterocycles. The molecule has 0 bridgehead atoms. The Labute approximate surface area is 86.5 Å². The topological polar surface area (TPSA) is 72.5 Å². The zero-order valence-corrected chi connectivity index (χ0v) is 8.02. The number of rotatable bonds is 5. The van der Waals surface area contributed by atoms with Gasteiger partial charge < -0.3 is 15.6 Å². The Balaban J connectivity index is 2.32. The molecule has 3 N–H and O–H groups in total. The number of hydrogen-bond donors (Lipinski definition) is 2. The highest BCUT2D eigenvalue weighted by molar-refractivity contribution is 5.72. The number of nitrogens with two attached hydrogens (primary N) is 1. The lowest BCUT2D eigenvalue weighted by Gasteiger charge is -2.08. The highest BCUT2D eigenvalue weighted by Crippen LogP contribution is 2.11. The van der Waals surface area contributed by atoms with Crippen LogP contribution in [0.3, 0.4) is 0 Å². The van der Waals surface area contributed by atoms with Gasteiger partial charge in [-0.3, -0.25) is 4.79 Å². The predicted octanol–water partition coefficient (Wildman–Crippen LogP) is 1.01. The first-order valence-corrected chi connectivity index (χ1v) is 4.46. The Kier molecular flexibility index (Phi) is 4.05. The van der Waals surface area contributed by atoms with E-state index < -0.39 is 12.0 Å². The van der Waals surface area contributed by atoms with Gasteiger partial charge in [0.15, 0.2) is 0 Å². The normalized spacial score (nSPS) is 12.1. The maximum absolute atomic E-state index is 12.5. The maximum Gasteiger partial charge on any atom is 0.320 e. The molecule has 82 valence electrons. The van der Waals surface area contributed by atoms with Crippen LogP contribution >= 0.6 is 0 Å². The molecule has 0 aliphatic rings. The summed E-state index contributed by atoms with van der Waals surface area (Å²) in [6.07, 6.45) is 0.215. The van der Waals surface area contributed by atoms with Crippen molar-refractivity contribution in [1.82, 2.24) is 0 Å². The molecule has 1 atom stereocenters. The second-order valence-corrected chi connectivity index (χ2v) is 3.04. The van der Waals surface area contributed by atoms with Crippen LogP contribution < -0.4 is 10.5 Å². The quantitative estimate of drug-likeness (QED) is 0.765. The predicted molar refractivity (Wildman–Crippen MR) is 52.1 cm³/mol. The van der Waals surface area contributed by atoms with Crippen LogP contribution in [-0.4, -0.2) is 23.7 Å². The molecule has 15 heavy (non-hydrogen) atoms. The molecule has 0 amide bonds. The van der Waals surface area contributed by atoms with Crippen molar-refractivity contribution in [2.75, 3.05) is 6.61 Å². The van der Waals surface area contributed by atoms with E-state index in [1.165, 1.54) is 24.3 Å². The second-order valence-electron chi connectivity index (χ2n) is 3.04. The van der Waals surface area contributed by atoms with Crippen LogP contribution in [0.25, 0.3) is 0 Å². The number of carboxylic acids is 1. The molecule has 1 rings (SSSR count). The second kappa shape index (κ2) is 5.31. The van der Waals surface area contributed by atoms with Crippen molar-refractivity contribution < 1.29 is 19.0 Å².